The number of carbonyl (C=O) groups is 1. The van der Waals surface area contributed by atoms with Gasteiger partial charge in [0.15, 0.2) is 0 Å². The highest BCUT2D eigenvalue weighted by Crippen LogP contribution is 2.32. The minimum absolute atomic E-state index is 0.0889. The SMILES string of the molecule is O=C(Nc1ccccc1)N(Cc1ccc(O)cc1)Cc1cc(Cl)cc(Cl)c1O. The highest BCUT2D eigenvalue weighted by atomic mass is 35.5. The minimum atomic E-state index is -0.352. The number of aromatic hydroxyl groups is 2. The van der Waals surface area contributed by atoms with Crippen LogP contribution in [0.2, 0.25) is 10.0 Å². The maximum Gasteiger partial charge on any atom is 0.322 e. The van der Waals surface area contributed by atoms with Gasteiger partial charge in [0.05, 0.1) is 11.6 Å². The van der Waals surface area contributed by atoms with Crippen LogP contribution in [0.15, 0.2) is 66.7 Å². The van der Waals surface area contributed by atoms with E-state index in [-0.39, 0.29) is 35.6 Å². The number of nitrogens with one attached hydrogen (secondary N) is 1. The molecule has 0 fully saturated rings. The molecule has 0 aliphatic carbocycles. The zero-order valence-electron chi connectivity index (χ0n) is 14.8. The lowest BCUT2D eigenvalue weighted by Crippen LogP contribution is -2.34. The molecule has 3 aromatic rings. The van der Waals surface area contributed by atoms with Crippen molar-refractivity contribution in [3.63, 3.8) is 0 Å². The zero-order chi connectivity index (χ0) is 20.1. The molecule has 28 heavy (non-hydrogen) atoms. The van der Waals surface area contributed by atoms with Crippen LogP contribution in [0.3, 0.4) is 0 Å². The van der Waals surface area contributed by atoms with Gasteiger partial charge < -0.3 is 20.4 Å². The van der Waals surface area contributed by atoms with Crippen LogP contribution in [0.1, 0.15) is 11.1 Å². The summed E-state index contributed by atoms with van der Waals surface area (Å²) < 4.78 is 0. The Kier molecular flexibility index (Phi) is 6.29. The smallest absolute Gasteiger partial charge is 0.322 e. The predicted octanol–water partition coefficient (Wildman–Crippen LogP) is 5.64. The number of nitrogens with zero attached hydrogens (tertiary/aromatic N) is 1. The number of phenols is 2. The van der Waals surface area contributed by atoms with Gasteiger partial charge in [0.25, 0.3) is 0 Å². The number of anilines is 1. The Morgan fingerprint density at radius 3 is 2.29 bits per heavy atom. The third kappa shape index (κ3) is 5.09. The number of rotatable bonds is 5. The van der Waals surface area contributed by atoms with E-state index in [0.29, 0.717) is 16.3 Å². The molecule has 2 amide bonds. The van der Waals surface area contributed by atoms with Gasteiger partial charge in [0, 0.05) is 22.8 Å². The Hall–Kier alpha value is -2.89. The van der Waals surface area contributed by atoms with E-state index < -0.39 is 0 Å². The Labute approximate surface area is 172 Å². The monoisotopic (exact) mass is 416 g/mol. The summed E-state index contributed by atoms with van der Waals surface area (Å²) in [5.74, 6) is 0.0255. The van der Waals surface area contributed by atoms with Crippen LogP contribution >= 0.6 is 23.2 Å². The number of halogens is 2. The summed E-state index contributed by atoms with van der Waals surface area (Å²) in [5, 5.41) is 23.1. The first-order chi connectivity index (χ1) is 13.4. The molecule has 0 radical (unpaired) electrons. The Morgan fingerprint density at radius 2 is 1.61 bits per heavy atom. The van der Waals surface area contributed by atoms with Gasteiger partial charge in [-0.1, -0.05) is 53.5 Å². The number of hydrogen-bond donors (Lipinski definition) is 3. The van der Waals surface area contributed by atoms with Crippen LogP contribution in [0.5, 0.6) is 11.5 Å². The first kappa shape index (κ1) is 19.9. The number of urea groups is 1. The van der Waals surface area contributed by atoms with Crippen molar-refractivity contribution < 1.29 is 15.0 Å². The van der Waals surface area contributed by atoms with E-state index >= 15 is 0 Å². The lowest BCUT2D eigenvalue weighted by Gasteiger charge is -2.24. The Balaban J connectivity index is 1.87. The van der Waals surface area contributed by atoms with Crippen LogP contribution in [0, 0.1) is 0 Å². The van der Waals surface area contributed by atoms with Crippen LogP contribution in [0.25, 0.3) is 0 Å². The standard InChI is InChI=1S/C21H18Cl2N2O3/c22-16-10-15(20(27)19(23)11-16)13-25(12-14-6-8-18(26)9-7-14)21(28)24-17-4-2-1-3-5-17/h1-11,26-27H,12-13H2,(H,24,28). The second-order valence-corrected chi connectivity index (χ2v) is 7.06. The molecule has 0 heterocycles. The van der Waals surface area contributed by atoms with Crippen LogP contribution in [-0.2, 0) is 13.1 Å². The Morgan fingerprint density at radius 1 is 0.929 bits per heavy atom. The number of para-hydroxylation sites is 1. The second kappa shape index (κ2) is 8.87. The normalized spacial score (nSPS) is 10.5. The zero-order valence-corrected chi connectivity index (χ0v) is 16.3. The van der Waals surface area contributed by atoms with Gasteiger partial charge in [0.1, 0.15) is 11.5 Å². The molecule has 7 heteroatoms. The maximum absolute atomic E-state index is 12.9. The van der Waals surface area contributed by atoms with Gasteiger partial charge >= 0.3 is 6.03 Å². The summed E-state index contributed by atoms with van der Waals surface area (Å²) >= 11 is 12.1. The summed E-state index contributed by atoms with van der Waals surface area (Å²) in [4.78, 5) is 14.4. The number of phenolic OH excluding ortho intramolecular Hbond substituents is 2. The molecule has 0 saturated carbocycles. The quantitative estimate of drug-likeness (QED) is 0.503. The van der Waals surface area contributed by atoms with Gasteiger partial charge in [-0.25, -0.2) is 4.79 Å². The molecule has 3 rings (SSSR count). The van der Waals surface area contributed by atoms with E-state index in [4.69, 9.17) is 23.2 Å². The van der Waals surface area contributed by atoms with E-state index in [0.717, 1.165) is 5.56 Å². The summed E-state index contributed by atoms with van der Waals surface area (Å²) in [6, 6.07) is 18.3. The van der Waals surface area contributed by atoms with Crippen molar-refractivity contribution in [2.45, 2.75) is 13.1 Å². The molecule has 0 bridgehead atoms. The molecule has 3 aromatic carbocycles. The molecule has 0 aromatic heterocycles. The summed E-state index contributed by atoms with van der Waals surface area (Å²) in [7, 11) is 0. The Bertz CT molecular complexity index is 963. The van der Waals surface area contributed by atoms with Gasteiger partial charge in [-0.3, -0.25) is 0 Å². The van der Waals surface area contributed by atoms with E-state index in [1.165, 1.54) is 11.0 Å². The fraction of sp³-hybridized carbons (Fsp3) is 0.0952. The van der Waals surface area contributed by atoms with E-state index in [2.05, 4.69) is 5.32 Å². The van der Waals surface area contributed by atoms with Gasteiger partial charge in [-0.15, -0.1) is 0 Å². The molecule has 0 aliphatic rings. The van der Waals surface area contributed by atoms with Gasteiger partial charge in [-0.05, 0) is 42.0 Å². The third-order valence-electron chi connectivity index (χ3n) is 4.09. The number of hydrogen-bond acceptors (Lipinski definition) is 3. The molecular formula is C21H18Cl2N2O3. The van der Waals surface area contributed by atoms with E-state index in [9.17, 15) is 15.0 Å². The molecule has 3 N–H and O–H groups in total. The fourth-order valence-electron chi connectivity index (χ4n) is 2.69. The molecule has 0 unspecified atom stereocenters. The van der Waals surface area contributed by atoms with Crippen molar-refractivity contribution in [3.8, 4) is 11.5 Å². The molecule has 5 nitrogen and oxygen atoms in total. The highest BCUT2D eigenvalue weighted by Gasteiger charge is 2.18. The molecule has 0 saturated heterocycles. The average Bonchev–Trinajstić information content (AvgIpc) is 2.67. The van der Waals surface area contributed by atoms with Crippen LogP contribution < -0.4 is 5.32 Å². The molecule has 0 aliphatic heterocycles. The molecule has 0 spiro atoms. The molecule has 144 valence electrons. The summed E-state index contributed by atoms with van der Waals surface area (Å²) in [5.41, 5.74) is 1.89. The third-order valence-corrected chi connectivity index (χ3v) is 4.60. The first-order valence-corrected chi connectivity index (χ1v) is 9.24. The molecule has 0 atom stereocenters. The van der Waals surface area contributed by atoms with Crippen molar-refractivity contribution in [1.82, 2.24) is 4.90 Å². The van der Waals surface area contributed by atoms with Crippen molar-refractivity contribution in [1.29, 1.82) is 0 Å². The van der Waals surface area contributed by atoms with Gasteiger partial charge in [0.2, 0.25) is 0 Å². The van der Waals surface area contributed by atoms with Crippen LogP contribution in [-0.4, -0.2) is 21.1 Å². The first-order valence-electron chi connectivity index (χ1n) is 8.48. The summed E-state index contributed by atoms with van der Waals surface area (Å²) in [6.07, 6.45) is 0. The van der Waals surface area contributed by atoms with Crippen molar-refractivity contribution in [2.24, 2.45) is 0 Å². The minimum Gasteiger partial charge on any atom is -0.508 e. The average molecular weight is 417 g/mol. The van der Waals surface area contributed by atoms with Crippen LogP contribution in [0.4, 0.5) is 10.5 Å². The summed E-state index contributed by atoms with van der Waals surface area (Å²) in [6.45, 7) is 0.341. The lowest BCUT2D eigenvalue weighted by molar-refractivity contribution is 0.206. The lowest BCUT2D eigenvalue weighted by atomic mass is 10.1. The number of carbonyl (C=O) groups excluding carboxylic acids is 1. The van der Waals surface area contributed by atoms with E-state index in [1.54, 1.807) is 42.5 Å². The maximum atomic E-state index is 12.9. The fourth-order valence-corrected chi connectivity index (χ4v) is 3.23. The largest absolute Gasteiger partial charge is 0.508 e. The highest BCUT2D eigenvalue weighted by molar-refractivity contribution is 6.35. The number of amides is 2. The predicted molar refractivity (Wildman–Crippen MR) is 111 cm³/mol. The van der Waals surface area contributed by atoms with Crippen molar-refractivity contribution in [2.75, 3.05) is 5.32 Å². The number of benzene rings is 3. The van der Waals surface area contributed by atoms with Crippen molar-refractivity contribution in [3.05, 3.63) is 87.9 Å². The van der Waals surface area contributed by atoms with Crippen molar-refractivity contribution >= 4 is 34.9 Å². The van der Waals surface area contributed by atoms with Gasteiger partial charge in [-0.2, -0.15) is 0 Å². The second-order valence-electron chi connectivity index (χ2n) is 6.21. The topological polar surface area (TPSA) is 72.8 Å². The molecular weight excluding hydrogens is 399 g/mol. The van der Waals surface area contributed by atoms with E-state index in [1.807, 2.05) is 18.2 Å².